The number of sulfone groups is 1. The first kappa shape index (κ1) is 22.3. The van der Waals surface area contributed by atoms with Gasteiger partial charge in [0.05, 0.1) is 21.3 Å². The number of hydrogen-bond acceptors (Lipinski definition) is 5. The largest absolute Gasteiger partial charge is 0.424 e. The standard InChI is InChI=1S/C18H10Cl2F4N2O3S/c1-30(27,28)16-8-15(9-2-4-12(19)13(20)6-9)25-17(26-16)29-10-3-5-14(21)11(7-10)18(22,23)24/h2-8H,1H3. The molecule has 158 valence electrons. The summed E-state index contributed by atoms with van der Waals surface area (Å²) in [7, 11) is -3.83. The van der Waals surface area contributed by atoms with Gasteiger partial charge in [0.2, 0.25) is 0 Å². The van der Waals surface area contributed by atoms with Crippen LogP contribution < -0.4 is 4.74 Å². The maximum atomic E-state index is 13.5. The van der Waals surface area contributed by atoms with Crippen LogP contribution in [0.2, 0.25) is 10.0 Å². The first-order valence-corrected chi connectivity index (χ1v) is 10.6. The highest BCUT2D eigenvalue weighted by atomic mass is 35.5. The van der Waals surface area contributed by atoms with Gasteiger partial charge in [-0.05, 0) is 30.3 Å². The molecule has 0 aliphatic rings. The van der Waals surface area contributed by atoms with Crippen LogP contribution in [0.3, 0.4) is 0 Å². The fourth-order valence-electron chi connectivity index (χ4n) is 2.33. The topological polar surface area (TPSA) is 69.2 Å². The smallest absolute Gasteiger partial charge is 0.419 e. The lowest BCUT2D eigenvalue weighted by atomic mass is 10.1. The van der Waals surface area contributed by atoms with Crippen LogP contribution in [0.1, 0.15) is 5.56 Å². The second-order valence-electron chi connectivity index (χ2n) is 6.02. The van der Waals surface area contributed by atoms with Gasteiger partial charge < -0.3 is 4.74 Å². The minimum absolute atomic E-state index is 0.0668. The molecule has 0 aliphatic carbocycles. The van der Waals surface area contributed by atoms with E-state index in [1.165, 1.54) is 18.2 Å². The molecule has 5 nitrogen and oxygen atoms in total. The van der Waals surface area contributed by atoms with E-state index in [1.807, 2.05) is 0 Å². The molecule has 3 aromatic rings. The Morgan fingerprint density at radius 1 is 0.967 bits per heavy atom. The normalized spacial score (nSPS) is 12.1. The van der Waals surface area contributed by atoms with Crippen LogP contribution in [-0.4, -0.2) is 24.6 Å². The van der Waals surface area contributed by atoms with Crippen molar-refractivity contribution in [1.82, 2.24) is 9.97 Å². The average Bonchev–Trinajstić information content (AvgIpc) is 2.63. The number of halogens is 6. The Morgan fingerprint density at radius 3 is 2.27 bits per heavy atom. The third kappa shape index (κ3) is 5.00. The summed E-state index contributed by atoms with van der Waals surface area (Å²) in [6.45, 7) is 0. The minimum atomic E-state index is -4.95. The van der Waals surface area contributed by atoms with Crippen LogP contribution in [-0.2, 0) is 16.0 Å². The number of aromatic nitrogens is 2. The molecule has 0 bridgehead atoms. The lowest BCUT2D eigenvalue weighted by molar-refractivity contribution is -0.140. The molecule has 0 spiro atoms. The van der Waals surface area contributed by atoms with Crippen molar-refractivity contribution in [3.05, 3.63) is 63.9 Å². The van der Waals surface area contributed by atoms with Gasteiger partial charge in [-0.25, -0.2) is 12.8 Å². The third-order valence-electron chi connectivity index (χ3n) is 3.73. The maximum Gasteiger partial charge on any atom is 0.419 e. The van der Waals surface area contributed by atoms with Gasteiger partial charge in [0.25, 0.3) is 0 Å². The zero-order valence-corrected chi connectivity index (χ0v) is 17.2. The zero-order valence-electron chi connectivity index (χ0n) is 14.8. The monoisotopic (exact) mass is 480 g/mol. The Balaban J connectivity index is 2.10. The van der Waals surface area contributed by atoms with E-state index in [0.717, 1.165) is 18.4 Å². The highest BCUT2D eigenvalue weighted by Gasteiger charge is 2.34. The maximum absolute atomic E-state index is 13.5. The molecule has 0 fully saturated rings. The van der Waals surface area contributed by atoms with Crippen molar-refractivity contribution in [2.24, 2.45) is 0 Å². The Morgan fingerprint density at radius 2 is 1.67 bits per heavy atom. The molecule has 1 aromatic heterocycles. The van der Waals surface area contributed by atoms with Gasteiger partial charge in [-0.1, -0.05) is 29.3 Å². The molecule has 1 heterocycles. The van der Waals surface area contributed by atoms with E-state index in [1.54, 1.807) is 0 Å². The van der Waals surface area contributed by atoms with E-state index in [2.05, 4.69) is 9.97 Å². The molecule has 0 N–H and O–H groups in total. The van der Waals surface area contributed by atoms with Crippen LogP contribution in [0.5, 0.6) is 11.8 Å². The second kappa shape index (κ2) is 8.01. The summed E-state index contributed by atoms with van der Waals surface area (Å²) in [5, 5.41) is -0.0171. The van der Waals surface area contributed by atoms with E-state index in [0.29, 0.717) is 17.7 Å². The molecule has 0 saturated heterocycles. The zero-order chi connectivity index (χ0) is 22.3. The summed E-state index contributed by atoms with van der Waals surface area (Å²) < 4.78 is 81.4. The summed E-state index contributed by atoms with van der Waals surface area (Å²) in [5.41, 5.74) is -1.13. The number of ether oxygens (including phenoxy) is 1. The molecule has 12 heteroatoms. The molecule has 0 atom stereocenters. The van der Waals surface area contributed by atoms with E-state index < -0.39 is 44.2 Å². The highest BCUT2D eigenvalue weighted by molar-refractivity contribution is 7.90. The summed E-state index contributed by atoms with van der Waals surface area (Å²) >= 11 is 11.8. The predicted molar refractivity (Wildman–Crippen MR) is 102 cm³/mol. The number of benzene rings is 2. The third-order valence-corrected chi connectivity index (χ3v) is 5.44. The Labute approximate surface area is 178 Å². The van der Waals surface area contributed by atoms with Gasteiger partial charge in [-0.3, -0.25) is 0 Å². The minimum Gasteiger partial charge on any atom is -0.424 e. The van der Waals surface area contributed by atoms with Gasteiger partial charge in [0.1, 0.15) is 11.6 Å². The van der Waals surface area contributed by atoms with E-state index in [4.69, 9.17) is 27.9 Å². The van der Waals surface area contributed by atoms with Gasteiger partial charge in [-0.15, -0.1) is 0 Å². The summed E-state index contributed by atoms with van der Waals surface area (Å²) in [6.07, 6.45) is -4.07. The molecule has 30 heavy (non-hydrogen) atoms. The molecule has 0 unspecified atom stereocenters. The molecule has 2 aromatic carbocycles. The molecule has 0 aliphatic heterocycles. The van der Waals surface area contributed by atoms with Crippen LogP contribution in [0.4, 0.5) is 17.6 Å². The van der Waals surface area contributed by atoms with Crippen molar-refractivity contribution in [2.75, 3.05) is 6.26 Å². The fourth-order valence-corrected chi connectivity index (χ4v) is 3.20. The van der Waals surface area contributed by atoms with Crippen molar-refractivity contribution in [3.63, 3.8) is 0 Å². The molecule has 0 radical (unpaired) electrons. The van der Waals surface area contributed by atoms with Gasteiger partial charge in [0, 0.05) is 17.9 Å². The SMILES string of the molecule is CS(=O)(=O)c1cc(-c2ccc(Cl)c(Cl)c2)nc(Oc2ccc(F)c(C(F)(F)F)c2)n1. The lowest BCUT2D eigenvalue weighted by Crippen LogP contribution is -2.08. The first-order valence-electron chi connectivity index (χ1n) is 7.94. The van der Waals surface area contributed by atoms with Gasteiger partial charge in [-0.2, -0.15) is 23.1 Å². The Kier molecular flexibility index (Phi) is 5.94. The fraction of sp³-hybridized carbons (Fsp3) is 0.111. The quantitative estimate of drug-likeness (QED) is 0.348. The molecule has 3 rings (SSSR count). The van der Waals surface area contributed by atoms with Gasteiger partial charge >= 0.3 is 12.2 Å². The Hall–Kier alpha value is -2.43. The Bertz CT molecular complexity index is 1230. The predicted octanol–water partition coefficient (Wildman–Crippen LogP) is 5.80. The lowest BCUT2D eigenvalue weighted by Gasteiger charge is -2.12. The molecule has 0 saturated carbocycles. The summed E-state index contributed by atoms with van der Waals surface area (Å²) in [6, 6.07) is 6.89. The van der Waals surface area contributed by atoms with E-state index in [9.17, 15) is 26.0 Å². The number of rotatable bonds is 4. The average molecular weight is 481 g/mol. The van der Waals surface area contributed by atoms with Crippen molar-refractivity contribution in [1.29, 1.82) is 0 Å². The van der Waals surface area contributed by atoms with Crippen molar-refractivity contribution < 1.29 is 30.7 Å². The van der Waals surface area contributed by atoms with Crippen molar-refractivity contribution >= 4 is 33.0 Å². The second-order valence-corrected chi connectivity index (χ2v) is 8.79. The van der Waals surface area contributed by atoms with Crippen molar-refractivity contribution in [2.45, 2.75) is 11.2 Å². The van der Waals surface area contributed by atoms with Crippen LogP contribution in [0.25, 0.3) is 11.3 Å². The summed E-state index contributed by atoms with van der Waals surface area (Å²) in [5.74, 6) is -1.92. The number of alkyl halides is 3. The molecular formula is C18H10Cl2F4N2O3S. The van der Waals surface area contributed by atoms with Crippen LogP contribution in [0, 0.1) is 5.82 Å². The van der Waals surface area contributed by atoms with Crippen LogP contribution in [0.15, 0.2) is 47.5 Å². The first-order chi connectivity index (χ1) is 13.8. The molecular weight excluding hydrogens is 471 g/mol. The number of hydrogen-bond donors (Lipinski definition) is 0. The number of nitrogens with zero attached hydrogens (tertiary/aromatic N) is 2. The van der Waals surface area contributed by atoms with Gasteiger partial charge in [0.15, 0.2) is 14.9 Å². The molecule has 0 amide bonds. The van der Waals surface area contributed by atoms with Crippen LogP contribution >= 0.6 is 23.2 Å². The van der Waals surface area contributed by atoms with Crippen molar-refractivity contribution in [3.8, 4) is 23.0 Å². The van der Waals surface area contributed by atoms with E-state index in [-0.39, 0.29) is 15.7 Å². The highest BCUT2D eigenvalue weighted by Crippen LogP contribution is 2.35. The summed E-state index contributed by atoms with van der Waals surface area (Å²) in [4.78, 5) is 7.75. The van der Waals surface area contributed by atoms with E-state index >= 15 is 0 Å².